The second kappa shape index (κ2) is 6.40. The number of aromatic amines is 1. The Labute approximate surface area is 132 Å². The van der Waals surface area contributed by atoms with Crippen molar-refractivity contribution >= 4 is 23.1 Å². The third-order valence-electron chi connectivity index (χ3n) is 3.13. The molecule has 0 spiro atoms. The Kier molecular flexibility index (Phi) is 4.15. The average molecular weight is 316 g/mol. The van der Waals surface area contributed by atoms with E-state index in [4.69, 9.17) is 11.6 Å². The van der Waals surface area contributed by atoms with E-state index >= 15 is 0 Å². The van der Waals surface area contributed by atoms with Gasteiger partial charge in [0.05, 0.1) is 0 Å². The highest BCUT2D eigenvalue weighted by Crippen LogP contribution is 2.26. The van der Waals surface area contributed by atoms with Gasteiger partial charge in [0.25, 0.3) is 0 Å². The first-order chi connectivity index (χ1) is 10.8. The molecule has 22 heavy (non-hydrogen) atoms. The fourth-order valence-corrected chi connectivity index (χ4v) is 2.31. The molecule has 2 aromatic heterocycles. The molecule has 8 heteroatoms. The van der Waals surface area contributed by atoms with Crippen LogP contribution in [0.1, 0.15) is 5.56 Å². The third-order valence-corrected chi connectivity index (χ3v) is 3.41. The van der Waals surface area contributed by atoms with Gasteiger partial charge >= 0.3 is 0 Å². The summed E-state index contributed by atoms with van der Waals surface area (Å²) in [4.78, 5) is 12.3. The molecular formula is C14H14ClN7. The Morgan fingerprint density at radius 3 is 2.86 bits per heavy atom. The first-order valence-electron chi connectivity index (χ1n) is 6.64. The van der Waals surface area contributed by atoms with Gasteiger partial charge in [0, 0.05) is 19.2 Å². The topological polar surface area (TPSA) is 91.4 Å². The summed E-state index contributed by atoms with van der Waals surface area (Å²) >= 11 is 6.03. The maximum absolute atomic E-state index is 6.03. The Hall–Kier alpha value is -2.67. The van der Waals surface area contributed by atoms with Crippen LogP contribution in [-0.2, 0) is 6.54 Å². The molecule has 0 saturated heterocycles. The number of benzene rings is 1. The molecule has 1 aromatic carbocycles. The number of rotatable bonds is 5. The van der Waals surface area contributed by atoms with Gasteiger partial charge in [-0.25, -0.2) is 15.0 Å². The second-order valence-electron chi connectivity index (χ2n) is 4.53. The summed E-state index contributed by atoms with van der Waals surface area (Å²) in [7, 11) is 1.78. The lowest BCUT2D eigenvalue weighted by Gasteiger charge is -2.11. The van der Waals surface area contributed by atoms with Crippen LogP contribution in [0.5, 0.6) is 0 Å². The van der Waals surface area contributed by atoms with Gasteiger partial charge in [-0.05, 0) is 11.6 Å². The van der Waals surface area contributed by atoms with Crippen LogP contribution in [0, 0.1) is 0 Å². The number of nitrogens with zero attached hydrogens (tertiary/aromatic N) is 4. The summed E-state index contributed by atoms with van der Waals surface area (Å²) in [5.41, 5.74) is 2.74. The monoisotopic (exact) mass is 315 g/mol. The van der Waals surface area contributed by atoms with Crippen molar-refractivity contribution in [3.05, 3.63) is 47.6 Å². The van der Waals surface area contributed by atoms with E-state index in [0.717, 1.165) is 17.0 Å². The van der Waals surface area contributed by atoms with Crippen LogP contribution in [0.4, 0.5) is 11.5 Å². The summed E-state index contributed by atoms with van der Waals surface area (Å²) in [5.74, 6) is 1.40. The zero-order valence-corrected chi connectivity index (χ0v) is 12.6. The van der Waals surface area contributed by atoms with Gasteiger partial charge in [0.1, 0.15) is 18.3 Å². The SMILES string of the molecule is CNc1c(Cl)ncnc1NCc1cccc(-c2ncn[nH]2)c1. The summed E-state index contributed by atoms with van der Waals surface area (Å²) in [5, 5.41) is 13.3. The Balaban J connectivity index is 1.77. The van der Waals surface area contributed by atoms with E-state index in [1.54, 1.807) is 7.05 Å². The van der Waals surface area contributed by atoms with Crippen molar-refractivity contribution < 1.29 is 0 Å². The van der Waals surface area contributed by atoms with Crippen molar-refractivity contribution in [1.82, 2.24) is 25.1 Å². The van der Waals surface area contributed by atoms with Gasteiger partial charge in [0.15, 0.2) is 16.8 Å². The van der Waals surface area contributed by atoms with E-state index < -0.39 is 0 Å². The molecule has 0 amide bonds. The highest BCUT2D eigenvalue weighted by molar-refractivity contribution is 6.32. The van der Waals surface area contributed by atoms with E-state index in [1.807, 2.05) is 24.3 Å². The first-order valence-corrected chi connectivity index (χ1v) is 7.02. The highest BCUT2D eigenvalue weighted by atomic mass is 35.5. The smallest absolute Gasteiger partial charge is 0.157 e. The first kappa shape index (κ1) is 14.3. The molecule has 3 aromatic rings. The van der Waals surface area contributed by atoms with Crippen LogP contribution >= 0.6 is 11.6 Å². The molecule has 0 fully saturated rings. The zero-order chi connectivity index (χ0) is 15.4. The minimum atomic E-state index is 0.385. The molecule has 0 atom stereocenters. The highest BCUT2D eigenvalue weighted by Gasteiger charge is 2.08. The quantitative estimate of drug-likeness (QED) is 0.627. The van der Waals surface area contributed by atoms with Crippen LogP contribution in [0.3, 0.4) is 0 Å². The predicted octanol–water partition coefficient (Wildman–Crippen LogP) is 2.57. The predicted molar refractivity (Wildman–Crippen MR) is 85.7 cm³/mol. The van der Waals surface area contributed by atoms with Gasteiger partial charge in [-0.3, -0.25) is 5.10 Å². The van der Waals surface area contributed by atoms with Crippen molar-refractivity contribution in [2.24, 2.45) is 0 Å². The molecule has 0 aliphatic heterocycles. The van der Waals surface area contributed by atoms with Gasteiger partial charge in [0.2, 0.25) is 0 Å². The Morgan fingerprint density at radius 1 is 1.18 bits per heavy atom. The molecule has 0 bridgehead atoms. The number of hydrogen-bond acceptors (Lipinski definition) is 6. The van der Waals surface area contributed by atoms with E-state index in [9.17, 15) is 0 Å². The average Bonchev–Trinajstić information content (AvgIpc) is 3.08. The third kappa shape index (κ3) is 2.99. The van der Waals surface area contributed by atoms with E-state index in [0.29, 0.717) is 23.2 Å². The number of anilines is 2. The standard InChI is InChI=1S/C14H14ClN7/c1-16-11-12(15)18-7-19-14(11)17-6-9-3-2-4-10(5-9)13-20-8-21-22-13/h2-5,7-8,16H,6H2,1H3,(H,17,18,19)(H,20,21,22). The lowest BCUT2D eigenvalue weighted by Crippen LogP contribution is -2.06. The second-order valence-corrected chi connectivity index (χ2v) is 4.88. The van der Waals surface area contributed by atoms with Crippen molar-refractivity contribution in [2.45, 2.75) is 6.54 Å². The van der Waals surface area contributed by atoms with E-state index in [1.165, 1.54) is 12.7 Å². The van der Waals surface area contributed by atoms with E-state index in [-0.39, 0.29) is 0 Å². The fraction of sp³-hybridized carbons (Fsp3) is 0.143. The van der Waals surface area contributed by atoms with Crippen molar-refractivity contribution in [3.63, 3.8) is 0 Å². The van der Waals surface area contributed by atoms with Crippen LogP contribution < -0.4 is 10.6 Å². The van der Waals surface area contributed by atoms with Gasteiger partial charge in [-0.2, -0.15) is 5.10 Å². The Morgan fingerprint density at radius 2 is 2.09 bits per heavy atom. The molecule has 0 unspecified atom stereocenters. The molecule has 3 N–H and O–H groups in total. The lowest BCUT2D eigenvalue weighted by atomic mass is 10.1. The number of H-pyrrole nitrogens is 1. The molecule has 2 heterocycles. The zero-order valence-electron chi connectivity index (χ0n) is 11.8. The molecule has 7 nitrogen and oxygen atoms in total. The molecular weight excluding hydrogens is 302 g/mol. The molecule has 0 radical (unpaired) electrons. The van der Waals surface area contributed by atoms with Crippen LogP contribution in [-0.4, -0.2) is 32.2 Å². The molecule has 112 valence electrons. The summed E-state index contributed by atoms with van der Waals surface area (Å²) in [6.07, 6.45) is 2.92. The van der Waals surface area contributed by atoms with Crippen molar-refractivity contribution in [2.75, 3.05) is 17.7 Å². The van der Waals surface area contributed by atoms with E-state index in [2.05, 4.69) is 35.8 Å². The van der Waals surface area contributed by atoms with Gasteiger partial charge < -0.3 is 10.6 Å². The van der Waals surface area contributed by atoms with Crippen molar-refractivity contribution in [1.29, 1.82) is 0 Å². The maximum atomic E-state index is 6.03. The van der Waals surface area contributed by atoms with Gasteiger partial charge in [-0.1, -0.05) is 29.8 Å². The normalized spacial score (nSPS) is 10.5. The minimum Gasteiger partial charge on any atom is -0.383 e. The maximum Gasteiger partial charge on any atom is 0.157 e. The van der Waals surface area contributed by atoms with Crippen LogP contribution in [0.15, 0.2) is 36.9 Å². The number of nitrogens with one attached hydrogen (secondary N) is 3. The van der Waals surface area contributed by atoms with Crippen molar-refractivity contribution in [3.8, 4) is 11.4 Å². The molecule has 0 aliphatic carbocycles. The largest absolute Gasteiger partial charge is 0.383 e. The summed E-state index contributed by atoms with van der Waals surface area (Å²) < 4.78 is 0. The molecule has 0 aliphatic rings. The summed E-state index contributed by atoms with van der Waals surface area (Å²) in [6.45, 7) is 0.601. The number of halogens is 1. The fourth-order valence-electron chi connectivity index (χ4n) is 2.08. The lowest BCUT2D eigenvalue weighted by molar-refractivity contribution is 1.08. The van der Waals surface area contributed by atoms with Crippen LogP contribution in [0.25, 0.3) is 11.4 Å². The van der Waals surface area contributed by atoms with Crippen LogP contribution in [0.2, 0.25) is 5.15 Å². The number of hydrogen-bond donors (Lipinski definition) is 3. The summed E-state index contributed by atoms with van der Waals surface area (Å²) in [6, 6.07) is 8.01. The van der Waals surface area contributed by atoms with Gasteiger partial charge in [-0.15, -0.1) is 0 Å². The number of aromatic nitrogens is 5. The Bertz CT molecular complexity index is 758. The molecule has 3 rings (SSSR count). The molecule has 0 saturated carbocycles. The minimum absolute atomic E-state index is 0.385.